The van der Waals surface area contributed by atoms with Crippen LogP contribution in [0, 0.1) is 0 Å². The fourth-order valence-corrected chi connectivity index (χ4v) is 2.98. The second-order valence-corrected chi connectivity index (χ2v) is 7.35. The van der Waals surface area contributed by atoms with Crippen molar-refractivity contribution >= 4 is 43.2 Å². The third-order valence-corrected chi connectivity index (χ3v) is 4.08. The van der Waals surface area contributed by atoms with Crippen LogP contribution in [0.4, 0.5) is 0 Å². The Balaban J connectivity index is 2.78. The summed E-state index contributed by atoms with van der Waals surface area (Å²) in [6.45, 7) is 1.67. The molecule has 0 fully saturated rings. The second kappa shape index (κ2) is 4.63. The number of sulfonamides is 1. The molecule has 0 aliphatic carbocycles. The fourth-order valence-electron chi connectivity index (χ4n) is 0.961. The standard InChI is InChI=1S/C8H10BrNO3S2/c1-5(6-3-4-7(9)14-6)8(11)10-15(2,12)13/h3-5H,1-2H3,(H,10,11)/t5-/m0/s1. The van der Waals surface area contributed by atoms with Crippen molar-refractivity contribution in [1.82, 2.24) is 4.72 Å². The first-order valence-corrected chi connectivity index (χ1v) is 7.56. The monoisotopic (exact) mass is 311 g/mol. The lowest BCUT2D eigenvalue weighted by Crippen LogP contribution is -2.32. The van der Waals surface area contributed by atoms with Gasteiger partial charge in [0.1, 0.15) is 0 Å². The maximum absolute atomic E-state index is 11.5. The van der Waals surface area contributed by atoms with Crippen molar-refractivity contribution < 1.29 is 13.2 Å². The predicted molar refractivity (Wildman–Crippen MR) is 63.4 cm³/mol. The Hall–Kier alpha value is -0.400. The van der Waals surface area contributed by atoms with Gasteiger partial charge in [-0.1, -0.05) is 0 Å². The number of amides is 1. The van der Waals surface area contributed by atoms with Gasteiger partial charge in [-0.05, 0) is 35.0 Å². The number of hydrogen-bond acceptors (Lipinski definition) is 4. The second-order valence-electron chi connectivity index (χ2n) is 3.10. The van der Waals surface area contributed by atoms with Crippen molar-refractivity contribution in [3.05, 3.63) is 20.8 Å². The zero-order valence-corrected chi connectivity index (χ0v) is 11.4. The highest BCUT2D eigenvalue weighted by molar-refractivity contribution is 9.11. The van der Waals surface area contributed by atoms with E-state index in [2.05, 4.69) is 15.9 Å². The molecule has 84 valence electrons. The van der Waals surface area contributed by atoms with Crippen molar-refractivity contribution in [2.24, 2.45) is 0 Å². The van der Waals surface area contributed by atoms with Crippen LogP contribution in [-0.4, -0.2) is 20.6 Å². The molecule has 1 heterocycles. The van der Waals surface area contributed by atoms with Crippen LogP contribution in [0.3, 0.4) is 0 Å². The molecule has 15 heavy (non-hydrogen) atoms. The molecule has 1 atom stereocenters. The summed E-state index contributed by atoms with van der Waals surface area (Å²) in [5.41, 5.74) is 0. The number of halogens is 1. The molecule has 1 aromatic heterocycles. The SMILES string of the molecule is C[C@H](C(=O)NS(C)(=O)=O)c1ccc(Br)s1. The Morgan fingerprint density at radius 1 is 1.53 bits per heavy atom. The lowest BCUT2D eigenvalue weighted by Gasteiger charge is -2.08. The van der Waals surface area contributed by atoms with Gasteiger partial charge in [0.05, 0.1) is 16.0 Å². The molecule has 0 radical (unpaired) electrons. The van der Waals surface area contributed by atoms with Crippen LogP contribution in [0.5, 0.6) is 0 Å². The van der Waals surface area contributed by atoms with Gasteiger partial charge in [-0.3, -0.25) is 9.52 Å². The molecule has 0 bridgehead atoms. The minimum Gasteiger partial charge on any atom is -0.273 e. The van der Waals surface area contributed by atoms with Gasteiger partial charge in [-0.15, -0.1) is 11.3 Å². The first-order chi connectivity index (χ1) is 6.79. The van der Waals surface area contributed by atoms with Crippen LogP contribution in [-0.2, 0) is 14.8 Å². The van der Waals surface area contributed by atoms with E-state index in [4.69, 9.17) is 0 Å². The molecule has 1 aromatic rings. The van der Waals surface area contributed by atoms with E-state index in [1.165, 1.54) is 11.3 Å². The average Bonchev–Trinajstić information content (AvgIpc) is 2.47. The summed E-state index contributed by atoms with van der Waals surface area (Å²) in [6.07, 6.45) is 0.960. The molecule has 0 aromatic carbocycles. The quantitative estimate of drug-likeness (QED) is 0.924. The molecule has 1 N–H and O–H groups in total. The number of hydrogen-bond donors (Lipinski definition) is 1. The van der Waals surface area contributed by atoms with E-state index in [1.807, 2.05) is 10.8 Å². The zero-order chi connectivity index (χ0) is 11.6. The number of carbonyl (C=O) groups excluding carboxylic acids is 1. The molecular formula is C8H10BrNO3S2. The van der Waals surface area contributed by atoms with Gasteiger partial charge in [0, 0.05) is 4.88 Å². The minimum absolute atomic E-state index is 0.462. The topological polar surface area (TPSA) is 63.2 Å². The van der Waals surface area contributed by atoms with Gasteiger partial charge in [-0.25, -0.2) is 8.42 Å². The highest BCUT2D eigenvalue weighted by Crippen LogP contribution is 2.28. The highest BCUT2D eigenvalue weighted by atomic mass is 79.9. The lowest BCUT2D eigenvalue weighted by atomic mass is 10.1. The Morgan fingerprint density at radius 3 is 2.53 bits per heavy atom. The fraction of sp³-hybridized carbons (Fsp3) is 0.375. The smallest absolute Gasteiger partial charge is 0.241 e. The first kappa shape index (κ1) is 12.7. The molecule has 0 saturated carbocycles. The molecule has 1 amide bonds. The minimum atomic E-state index is -3.48. The maximum Gasteiger partial charge on any atom is 0.241 e. The van der Waals surface area contributed by atoms with Gasteiger partial charge in [0.25, 0.3) is 0 Å². The summed E-state index contributed by atoms with van der Waals surface area (Å²) in [5, 5.41) is 0. The van der Waals surface area contributed by atoms with Crippen LogP contribution in [0.15, 0.2) is 15.9 Å². The third kappa shape index (κ3) is 3.92. The Labute approximate surface area is 101 Å². The van der Waals surface area contributed by atoms with Crippen LogP contribution in [0.2, 0.25) is 0 Å². The van der Waals surface area contributed by atoms with Crippen molar-refractivity contribution in [2.45, 2.75) is 12.8 Å². The molecule has 7 heteroatoms. The van der Waals surface area contributed by atoms with E-state index >= 15 is 0 Å². The number of carbonyl (C=O) groups is 1. The summed E-state index contributed by atoms with van der Waals surface area (Å²) in [7, 11) is -3.48. The van der Waals surface area contributed by atoms with Gasteiger partial charge in [0.15, 0.2) is 0 Å². The molecular weight excluding hydrogens is 302 g/mol. The van der Waals surface area contributed by atoms with E-state index in [0.29, 0.717) is 0 Å². The van der Waals surface area contributed by atoms with E-state index in [-0.39, 0.29) is 0 Å². The van der Waals surface area contributed by atoms with Gasteiger partial charge >= 0.3 is 0 Å². The van der Waals surface area contributed by atoms with Crippen LogP contribution in [0.1, 0.15) is 17.7 Å². The maximum atomic E-state index is 11.5. The molecule has 0 unspecified atom stereocenters. The zero-order valence-electron chi connectivity index (χ0n) is 8.15. The lowest BCUT2D eigenvalue weighted by molar-refractivity contribution is -0.120. The molecule has 0 saturated heterocycles. The molecule has 0 aliphatic heterocycles. The van der Waals surface area contributed by atoms with Crippen LogP contribution in [0.25, 0.3) is 0 Å². The van der Waals surface area contributed by atoms with E-state index in [1.54, 1.807) is 13.0 Å². The summed E-state index contributed by atoms with van der Waals surface area (Å²) in [4.78, 5) is 12.3. The first-order valence-electron chi connectivity index (χ1n) is 4.06. The Kier molecular flexibility index (Phi) is 3.91. The molecule has 0 spiro atoms. The van der Waals surface area contributed by atoms with Crippen LogP contribution >= 0.6 is 27.3 Å². The molecule has 4 nitrogen and oxygen atoms in total. The summed E-state index contributed by atoms with van der Waals surface area (Å²) in [6, 6.07) is 3.62. The highest BCUT2D eigenvalue weighted by Gasteiger charge is 2.19. The van der Waals surface area contributed by atoms with Crippen molar-refractivity contribution in [3.63, 3.8) is 0 Å². The normalized spacial score (nSPS) is 13.5. The van der Waals surface area contributed by atoms with E-state index in [9.17, 15) is 13.2 Å². The van der Waals surface area contributed by atoms with Gasteiger partial charge in [-0.2, -0.15) is 0 Å². The Bertz CT molecular complexity index is 466. The van der Waals surface area contributed by atoms with E-state index in [0.717, 1.165) is 14.9 Å². The van der Waals surface area contributed by atoms with E-state index < -0.39 is 21.8 Å². The van der Waals surface area contributed by atoms with Gasteiger partial charge in [0.2, 0.25) is 15.9 Å². The third-order valence-electron chi connectivity index (χ3n) is 1.70. The van der Waals surface area contributed by atoms with Crippen molar-refractivity contribution in [2.75, 3.05) is 6.26 Å². The molecule has 0 aliphatic rings. The summed E-state index contributed by atoms with van der Waals surface area (Å²) >= 11 is 4.69. The summed E-state index contributed by atoms with van der Waals surface area (Å²) < 4.78 is 24.6. The number of rotatable bonds is 3. The summed E-state index contributed by atoms with van der Waals surface area (Å²) in [5.74, 6) is -0.970. The average molecular weight is 312 g/mol. The predicted octanol–water partition coefficient (Wildman–Crippen LogP) is 1.69. The van der Waals surface area contributed by atoms with Crippen LogP contribution < -0.4 is 4.72 Å². The largest absolute Gasteiger partial charge is 0.273 e. The number of nitrogens with one attached hydrogen (secondary N) is 1. The molecule has 1 rings (SSSR count). The Morgan fingerprint density at radius 2 is 2.13 bits per heavy atom. The van der Waals surface area contributed by atoms with Crippen molar-refractivity contribution in [3.8, 4) is 0 Å². The number of thiophene rings is 1. The van der Waals surface area contributed by atoms with Crippen molar-refractivity contribution in [1.29, 1.82) is 0 Å². The van der Waals surface area contributed by atoms with Gasteiger partial charge < -0.3 is 0 Å².